The Morgan fingerprint density at radius 2 is 1.52 bits per heavy atom. The molecule has 1 heterocycles. The molecule has 1 aromatic heterocycles. The van der Waals surface area contributed by atoms with Crippen molar-refractivity contribution in [3.8, 4) is 5.75 Å². The van der Waals surface area contributed by atoms with Gasteiger partial charge in [0.1, 0.15) is 18.5 Å². The maximum Gasteiger partial charge on any atom is 0.137 e. The molecule has 0 aliphatic heterocycles. The summed E-state index contributed by atoms with van der Waals surface area (Å²) in [6, 6.07) is 4.04. The van der Waals surface area contributed by atoms with Crippen molar-refractivity contribution in [2.45, 2.75) is 129 Å². The van der Waals surface area contributed by atoms with Gasteiger partial charge in [-0.05, 0) is 80.8 Å². The van der Waals surface area contributed by atoms with Crippen molar-refractivity contribution in [1.29, 1.82) is 0 Å². The Kier molecular flexibility index (Phi) is 12.0. The van der Waals surface area contributed by atoms with Gasteiger partial charge in [-0.25, -0.2) is 4.39 Å². The van der Waals surface area contributed by atoms with Crippen molar-refractivity contribution in [3.63, 3.8) is 0 Å². The van der Waals surface area contributed by atoms with Gasteiger partial charge >= 0.3 is 0 Å². The van der Waals surface area contributed by atoms with Gasteiger partial charge in [0.25, 0.3) is 0 Å². The minimum absolute atomic E-state index is 0.149. The third-order valence-corrected chi connectivity index (χ3v) is 8.55. The molecule has 3 rings (SSSR count). The van der Waals surface area contributed by atoms with E-state index in [1.165, 1.54) is 83.5 Å². The number of halogens is 1. The second kappa shape index (κ2) is 15.0. The van der Waals surface area contributed by atoms with Crippen LogP contribution in [0, 0.1) is 23.7 Å². The third kappa shape index (κ3) is 9.57. The van der Waals surface area contributed by atoms with E-state index in [4.69, 9.17) is 4.74 Å². The highest BCUT2D eigenvalue weighted by Crippen LogP contribution is 2.42. The molecule has 0 spiro atoms. The monoisotopic (exact) mass is 459 g/mol. The Balaban J connectivity index is 1.28. The van der Waals surface area contributed by atoms with E-state index in [1.807, 2.05) is 6.07 Å². The predicted octanol–water partition coefficient (Wildman–Crippen LogP) is 9.11. The van der Waals surface area contributed by atoms with Crippen LogP contribution in [0.2, 0.25) is 0 Å². The zero-order valence-corrected chi connectivity index (χ0v) is 21.6. The summed E-state index contributed by atoms with van der Waals surface area (Å²) >= 11 is 0. The molecule has 2 nitrogen and oxygen atoms in total. The average molecular weight is 460 g/mol. The van der Waals surface area contributed by atoms with E-state index in [0.29, 0.717) is 12.2 Å². The molecule has 3 heteroatoms. The maximum atomic E-state index is 14.0. The molecule has 2 aliphatic carbocycles. The first-order chi connectivity index (χ1) is 16.2. The van der Waals surface area contributed by atoms with Crippen LogP contribution in [0.4, 0.5) is 4.39 Å². The fraction of sp³-hybridized carbons (Fsp3) is 0.833. The lowest BCUT2D eigenvalue weighted by atomic mass is 9.68. The van der Waals surface area contributed by atoms with Crippen molar-refractivity contribution in [1.82, 2.24) is 4.98 Å². The number of unbranched alkanes of at least 4 members (excludes halogenated alkanes) is 3. The highest BCUT2D eigenvalue weighted by molar-refractivity contribution is 5.20. The number of rotatable bonds is 14. The van der Waals surface area contributed by atoms with E-state index >= 15 is 0 Å². The summed E-state index contributed by atoms with van der Waals surface area (Å²) < 4.78 is 19.6. The van der Waals surface area contributed by atoms with Gasteiger partial charge in [-0.2, -0.15) is 0 Å². The molecule has 1 aromatic rings. The van der Waals surface area contributed by atoms with Gasteiger partial charge in [-0.1, -0.05) is 78.1 Å². The molecule has 0 amide bonds. The molecule has 0 radical (unpaired) electrons. The summed E-state index contributed by atoms with van der Waals surface area (Å²) in [7, 11) is 0. The number of ether oxygens (including phenoxy) is 1. The van der Waals surface area contributed by atoms with E-state index in [0.717, 1.165) is 48.6 Å². The number of alkyl halides is 1. The number of aryl methyl sites for hydroxylation is 1. The Bertz CT molecular complexity index is 617. The van der Waals surface area contributed by atoms with E-state index < -0.39 is 6.17 Å². The molecule has 0 aromatic carbocycles. The minimum Gasteiger partial charge on any atom is -0.489 e. The van der Waals surface area contributed by atoms with Crippen molar-refractivity contribution < 1.29 is 9.13 Å². The van der Waals surface area contributed by atoms with Gasteiger partial charge < -0.3 is 4.74 Å². The van der Waals surface area contributed by atoms with Gasteiger partial charge in [0, 0.05) is 5.69 Å². The number of pyridine rings is 1. The topological polar surface area (TPSA) is 22.1 Å². The summed E-state index contributed by atoms with van der Waals surface area (Å²) in [5, 5.41) is 0. The highest BCUT2D eigenvalue weighted by atomic mass is 19.1. The van der Waals surface area contributed by atoms with Crippen LogP contribution in [-0.2, 0) is 6.42 Å². The van der Waals surface area contributed by atoms with Gasteiger partial charge in [0.2, 0.25) is 0 Å². The Morgan fingerprint density at radius 3 is 2.09 bits per heavy atom. The summed E-state index contributed by atoms with van der Waals surface area (Å²) in [4.78, 5) is 4.59. The van der Waals surface area contributed by atoms with Crippen molar-refractivity contribution in [2.75, 3.05) is 6.61 Å². The number of nitrogens with zero attached hydrogens (tertiary/aromatic N) is 1. The van der Waals surface area contributed by atoms with Crippen LogP contribution in [0.25, 0.3) is 0 Å². The average Bonchev–Trinajstić information content (AvgIpc) is 2.86. The molecule has 1 unspecified atom stereocenters. The first-order valence-electron chi connectivity index (χ1n) is 14.4. The maximum absolute atomic E-state index is 14.0. The quantitative estimate of drug-likeness (QED) is 0.259. The Morgan fingerprint density at radius 1 is 0.848 bits per heavy atom. The molecule has 1 atom stereocenters. The molecule has 0 saturated heterocycles. The summed E-state index contributed by atoms with van der Waals surface area (Å²) in [6.07, 6.45) is 22.8. The predicted molar refractivity (Wildman–Crippen MR) is 138 cm³/mol. The molecule has 2 saturated carbocycles. The number of aromatic nitrogens is 1. The lowest BCUT2D eigenvalue weighted by Crippen LogP contribution is -2.26. The molecular weight excluding hydrogens is 409 g/mol. The number of hydrogen-bond acceptors (Lipinski definition) is 2. The summed E-state index contributed by atoms with van der Waals surface area (Å²) in [5.41, 5.74) is 1.15. The van der Waals surface area contributed by atoms with Crippen molar-refractivity contribution in [3.05, 3.63) is 24.0 Å². The molecule has 2 aliphatic rings. The standard InChI is InChI=1S/C30H50FNO/c1-3-5-6-7-9-28(31)23-33-30-21-20-29(32-22-30)19-14-25-12-17-27(18-13-25)26-15-10-24(8-4-2)11-16-26/h20-22,24-28H,3-19,23H2,1-2H3. The smallest absolute Gasteiger partial charge is 0.137 e. The zero-order chi connectivity index (χ0) is 23.3. The Hall–Kier alpha value is -1.12. The summed E-state index contributed by atoms with van der Waals surface area (Å²) in [6.45, 7) is 4.66. The Labute approximate surface area is 203 Å². The fourth-order valence-corrected chi connectivity index (χ4v) is 6.36. The van der Waals surface area contributed by atoms with E-state index in [9.17, 15) is 4.39 Å². The molecule has 0 N–H and O–H groups in total. The minimum atomic E-state index is -0.872. The lowest BCUT2D eigenvalue weighted by Gasteiger charge is -2.38. The van der Waals surface area contributed by atoms with Crippen molar-refractivity contribution >= 4 is 0 Å². The van der Waals surface area contributed by atoms with Crippen LogP contribution in [0.15, 0.2) is 18.3 Å². The second-order valence-corrected chi connectivity index (χ2v) is 11.1. The molecular formula is C30H50FNO. The second-order valence-electron chi connectivity index (χ2n) is 11.1. The van der Waals surface area contributed by atoms with E-state index in [2.05, 4.69) is 24.9 Å². The highest BCUT2D eigenvalue weighted by Gasteiger charge is 2.30. The molecule has 188 valence electrons. The summed E-state index contributed by atoms with van der Waals surface area (Å²) in [5.74, 6) is 4.62. The number of hydrogen-bond donors (Lipinski definition) is 0. The third-order valence-electron chi connectivity index (χ3n) is 8.55. The zero-order valence-electron chi connectivity index (χ0n) is 21.6. The SMILES string of the molecule is CCCCCCC(F)COc1ccc(CCC2CCC(C3CCC(CCC)CC3)CC2)nc1. The lowest BCUT2D eigenvalue weighted by molar-refractivity contribution is 0.141. The first-order valence-corrected chi connectivity index (χ1v) is 14.4. The van der Waals surface area contributed by atoms with Gasteiger partial charge in [0.05, 0.1) is 6.20 Å². The van der Waals surface area contributed by atoms with Crippen LogP contribution >= 0.6 is 0 Å². The van der Waals surface area contributed by atoms with Crippen LogP contribution in [0.5, 0.6) is 5.75 Å². The van der Waals surface area contributed by atoms with Gasteiger partial charge in [-0.3, -0.25) is 4.98 Å². The molecule has 0 bridgehead atoms. The molecule has 2 fully saturated rings. The fourth-order valence-electron chi connectivity index (χ4n) is 6.36. The first kappa shape index (κ1) is 26.5. The molecule has 33 heavy (non-hydrogen) atoms. The normalized spacial score (nSPS) is 26.8. The largest absolute Gasteiger partial charge is 0.489 e. The van der Waals surface area contributed by atoms with Crippen LogP contribution in [0.3, 0.4) is 0 Å². The van der Waals surface area contributed by atoms with Crippen LogP contribution < -0.4 is 4.74 Å². The van der Waals surface area contributed by atoms with E-state index in [1.54, 1.807) is 6.20 Å². The van der Waals surface area contributed by atoms with Crippen LogP contribution in [0.1, 0.15) is 122 Å². The van der Waals surface area contributed by atoms with Gasteiger partial charge in [0.15, 0.2) is 0 Å². The van der Waals surface area contributed by atoms with Gasteiger partial charge in [-0.15, -0.1) is 0 Å². The van der Waals surface area contributed by atoms with E-state index in [-0.39, 0.29) is 6.61 Å². The van der Waals surface area contributed by atoms with Crippen molar-refractivity contribution in [2.24, 2.45) is 23.7 Å². The van der Waals surface area contributed by atoms with Crippen LogP contribution in [-0.4, -0.2) is 17.8 Å².